The van der Waals surface area contributed by atoms with Crippen LogP contribution in [0.1, 0.15) is 32.6 Å². The molecule has 1 aliphatic carbocycles. The van der Waals surface area contributed by atoms with Crippen LogP contribution in [0.5, 0.6) is 0 Å². The van der Waals surface area contributed by atoms with Gasteiger partial charge in [0.15, 0.2) is 0 Å². The highest BCUT2D eigenvalue weighted by molar-refractivity contribution is 5.75. The summed E-state index contributed by atoms with van der Waals surface area (Å²) < 4.78 is 5.62. The molecule has 0 heterocycles. The Bertz CT molecular complexity index is 347. The molecule has 1 rings (SSSR count). The van der Waals surface area contributed by atoms with E-state index in [-0.39, 0.29) is 5.91 Å². The van der Waals surface area contributed by atoms with Crippen LogP contribution in [0, 0.1) is 23.2 Å². The summed E-state index contributed by atoms with van der Waals surface area (Å²) in [6.07, 6.45) is 7.44. The van der Waals surface area contributed by atoms with Gasteiger partial charge in [-0.1, -0.05) is 19.1 Å². The van der Waals surface area contributed by atoms with Gasteiger partial charge < -0.3 is 9.64 Å². The van der Waals surface area contributed by atoms with E-state index in [1.165, 1.54) is 0 Å². The molecule has 0 fully saturated rings. The number of ether oxygens (including phenoxy) is 1. The quantitative estimate of drug-likeness (QED) is 0.524. The van der Waals surface area contributed by atoms with Gasteiger partial charge in [-0.05, 0) is 24.7 Å². The average Bonchev–Trinajstić information content (AvgIpc) is 2.42. The van der Waals surface area contributed by atoms with E-state index in [0.29, 0.717) is 37.8 Å². The van der Waals surface area contributed by atoms with E-state index >= 15 is 0 Å². The van der Waals surface area contributed by atoms with Gasteiger partial charge in [0, 0.05) is 20.2 Å². The fraction of sp³-hybridized carbons (Fsp3) is 0.733. The molecule has 4 heteroatoms. The lowest BCUT2D eigenvalue weighted by atomic mass is 9.85. The molecule has 19 heavy (non-hydrogen) atoms. The minimum atomic E-state index is 0.0480. The minimum Gasteiger partial charge on any atom is -0.381 e. The van der Waals surface area contributed by atoms with Gasteiger partial charge in [-0.3, -0.25) is 4.79 Å². The third-order valence-corrected chi connectivity index (χ3v) is 3.70. The van der Waals surface area contributed by atoms with Crippen molar-refractivity contribution in [2.24, 2.45) is 11.8 Å². The van der Waals surface area contributed by atoms with Gasteiger partial charge in [0.05, 0.1) is 25.5 Å². The van der Waals surface area contributed by atoms with Gasteiger partial charge in [0.2, 0.25) is 5.91 Å². The van der Waals surface area contributed by atoms with Crippen LogP contribution in [0.4, 0.5) is 0 Å². The van der Waals surface area contributed by atoms with Crippen molar-refractivity contribution in [3.05, 3.63) is 12.2 Å². The van der Waals surface area contributed by atoms with Crippen molar-refractivity contribution in [2.75, 3.05) is 26.8 Å². The normalized spacial score (nSPS) is 21.9. The number of hydrogen-bond acceptors (Lipinski definition) is 3. The summed E-state index contributed by atoms with van der Waals surface area (Å²) in [6.45, 7) is 3.96. The first-order chi connectivity index (χ1) is 9.15. The monoisotopic (exact) mass is 264 g/mol. The zero-order valence-electron chi connectivity index (χ0n) is 12.0. The fourth-order valence-corrected chi connectivity index (χ4v) is 2.17. The third kappa shape index (κ3) is 5.89. The average molecular weight is 264 g/mol. The fourth-order valence-electron chi connectivity index (χ4n) is 2.17. The molecule has 0 saturated carbocycles. The van der Waals surface area contributed by atoms with Gasteiger partial charge in [-0.2, -0.15) is 5.26 Å². The highest BCUT2D eigenvalue weighted by Crippen LogP contribution is 2.24. The first-order valence-corrected chi connectivity index (χ1v) is 6.98. The van der Waals surface area contributed by atoms with E-state index in [0.717, 1.165) is 19.4 Å². The topological polar surface area (TPSA) is 53.3 Å². The van der Waals surface area contributed by atoms with E-state index in [9.17, 15) is 4.79 Å². The lowest BCUT2D eigenvalue weighted by molar-refractivity contribution is -0.131. The van der Waals surface area contributed by atoms with Crippen molar-refractivity contribution in [3.8, 4) is 6.07 Å². The number of rotatable bonds is 7. The predicted molar refractivity (Wildman–Crippen MR) is 74.3 cm³/mol. The minimum absolute atomic E-state index is 0.0480. The van der Waals surface area contributed by atoms with E-state index < -0.39 is 0 Å². The van der Waals surface area contributed by atoms with Gasteiger partial charge in [0.25, 0.3) is 0 Å². The van der Waals surface area contributed by atoms with E-state index in [2.05, 4.69) is 19.1 Å². The zero-order chi connectivity index (χ0) is 14.1. The molecule has 0 spiro atoms. The molecule has 0 N–H and O–H groups in total. The summed E-state index contributed by atoms with van der Waals surface area (Å²) in [6, 6.07) is 2.04. The standard InChI is InChI=1S/C15H24N2O2/c1-13-6-3-4-7-14(13)12-19-11-8-15(18)17(2)10-5-9-16/h3-4,13-14H,5-8,10-12H2,1-2H3. The van der Waals surface area contributed by atoms with Crippen molar-refractivity contribution < 1.29 is 9.53 Å². The number of carbonyl (C=O) groups is 1. The van der Waals surface area contributed by atoms with Crippen molar-refractivity contribution in [1.29, 1.82) is 5.26 Å². The first-order valence-electron chi connectivity index (χ1n) is 6.98. The molecule has 0 aromatic heterocycles. The maximum atomic E-state index is 11.7. The predicted octanol–water partition coefficient (Wildman–Crippen LogP) is 2.37. The van der Waals surface area contributed by atoms with Crippen LogP contribution < -0.4 is 0 Å². The lowest BCUT2D eigenvalue weighted by Crippen LogP contribution is -2.29. The number of nitrogens with zero attached hydrogens (tertiary/aromatic N) is 2. The zero-order valence-corrected chi connectivity index (χ0v) is 12.0. The van der Waals surface area contributed by atoms with Crippen LogP contribution in [-0.4, -0.2) is 37.6 Å². The van der Waals surface area contributed by atoms with Crippen molar-refractivity contribution in [2.45, 2.75) is 32.6 Å². The molecule has 0 aromatic rings. The Morgan fingerprint density at radius 2 is 2.21 bits per heavy atom. The third-order valence-electron chi connectivity index (χ3n) is 3.70. The summed E-state index contributed by atoms with van der Waals surface area (Å²) >= 11 is 0. The van der Waals surface area contributed by atoms with Crippen LogP contribution in [0.3, 0.4) is 0 Å². The van der Waals surface area contributed by atoms with Crippen molar-refractivity contribution >= 4 is 5.91 Å². The van der Waals surface area contributed by atoms with Crippen LogP contribution in [0.2, 0.25) is 0 Å². The largest absolute Gasteiger partial charge is 0.381 e. The van der Waals surface area contributed by atoms with Crippen molar-refractivity contribution in [3.63, 3.8) is 0 Å². The number of allylic oxidation sites excluding steroid dienone is 2. The molecule has 0 aliphatic heterocycles. The van der Waals surface area contributed by atoms with Gasteiger partial charge in [-0.15, -0.1) is 0 Å². The Morgan fingerprint density at radius 1 is 1.47 bits per heavy atom. The molecule has 4 nitrogen and oxygen atoms in total. The highest BCUT2D eigenvalue weighted by Gasteiger charge is 2.18. The molecule has 2 unspecified atom stereocenters. The summed E-state index contributed by atoms with van der Waals surface area (Å²) in [5.41, 5.74) is 0. The maximum absolute atomic E-state index is 11.7. The summed E-state index contributed by atoms with van der Waals surface area (Å²) in [5.74, 6) is 1.29. The molecule has 2 atom stereocenters. The molecule has 0 saturated heterocycles. The molecule has 1 amide bonds. The Kier molecular flexibility index (Phi) is 7.20. The number of nitriles is 1. The SMILES string of the molecule is CC1CC=CCC1COCCC(=O)N(C)CCC#N. The van der Waals surface area contributed by atoms with Crippen molar-refractivity contribution in [1.82, 2.24) is 4.90 Å². The van der Waals surface area contributed by atoms with Crippen LogP contribution >= 0.6 is 0 Å². The summed E-state index contributed by atoms with van der Waals surface area (Å²) in [7, 11) is 1.73. The van der Waals surface area contributed by atoms with E-state index in [1.807, 2.05) is 6.07 Å². The van der Waals surface area contributed by atoms with Crippen LogP contribution in [0.15, 0.2) is 12.2 Å². The smallest absolute Gasteiger partial charge is 0.224 e. The molecule has 0 aromatic carbocycles. The Morgan fingerprint density at radius 3 is 2.89 bits per heavy atom. The summed E-state index contributed by atoms with van der Waals surface area (Å²) in [5, 5.41) is 8.46. The second-order valence-corrected chi connectivity index (χ2v) is 5.23. The van der Waals surface area contributed by atoms with Crippen LogP contribution in [-0.2, 0) is 9.53 Å². The molecule has 106 valence electrons. The van der Waals surface area contributed by atoms with Gasteiger partial charge in [0.1, 0.15) is 0 Å². The second-order valence-electron chi connectivity index (χ2n) is 5.23. The molecule has 0 bridgehead atoms. The molecule has 1 aliphatic rings. The maximum Gasteiger partial charge on any atom is 0.224 e. The van der Waals surface area contributed by atoms with Gasteiger partial charge in [-0.25, -0.2) is 0 Å². The first kappa shape index (κ1) is 15.7. The van der Waals surface area contributed by atoms with E-state index in [1.54, 1.807) is 11.9 Å². The number of amides is 1. The number of carbonyl (C=O) groups excluding carboxylic acids is 1. The van der Waals surface area contributed by atoms with Crippen LogP contribution in [0.25, 0.3) is 0 Å². The lowest BCUT2D eigenvalue weighted by Gasteiger charge is -2.25. The second kappa shape index (κ2) is 8.71. The highest BCUT2D eigenvalue weighted by atomic mass is 16.5. The molecule has 0 radical (unpaired) electrons. The van der Waals surface area contributed by atoms with E-state index in [4.69, 9.17) is 10.00 Å². The Balaban J connectivity index is 2.11. The van der Waals surface area contributed by atoms with Gasteiger partial charge >= 0.3 is 0 Å². The number of hydrogen-bond donors (Lipinski definition) is 0. The molecular weight excluding hydrogens is 240 g/mol. The Labute approximate surface area is 116 Å². The summed E-state index contributed by atoms with van der Waals surface area (Å²) in [4.78, 5) is 13.3. The Hall–Kier alpha value is -1.34. The molecular formula is C15H24N2O2.